The van der Waals surface area contributed by atoms with Crippen LogP contribution >= 0.6 is 11.3 Å². The summed E-state index contributed by atoms with van der Waals surface area (Å²) in [6, 6.07) is 28.6. The molecule has 0 saturated carbocycles. The van der Waals surface area contributed by atoms with Crippen molar-refractivity contribution in [3.8, 4) is 11.3 Å². The molecule has 3 heterocycles. The van der Waals surface area contributed by atoms with Crippen LogP contribution in [0.3, 0.4) is 0 Å². The standard InChI is InChI=1S/C34H25N5O3S/c1-3-37-30-7-5-4-6-26(30)27-18-22(10-17-31(27)37)19-28-32(24-13-15-25(16-14-24)39(41)42)36-38(33(28)40)34-35-29(20-43-34)23-11-8-21(2)9-12-23/h4-20H,3H2,1-2H3. The molecule has 1 aliphatic heterocycles. The third-order valence-electron chi connectivity index (χ3n) is 7.67. The van der Waals surface area contributed by atoms with Gasteiger partial charge in [-0.05, 0) is 55.8 Å². The maximum atomic E-state index is 14.0. The van der Waals surface area contributed by atoms with E-state index in [0.717, 1.165) is 50.7 Å². The van der Waals surface area contributed by atoms with E-state index in [1.165, 1.54) is 28.5 Å². The molecular formula is C34H25N5O3S. The van der Waals surface area contributed by atoms with Gasteiger partial charge in [-0.15, -0.1) is 11.3 Å². The normalized spacial score (nSPS) is 14.3. The number of para-hydroxylation sites is 1. The van der Waals surface area contributed by atoms with Gasteiger partial charge < -0.3 is 4.57 Å². The fraction of sp³-hybridized carbons (Fsp3) is 0.0882. The Kier molecular flexibility index (Phi) is 6.44. The number of nitrogens with zero attached hydrogens (tertiary/aromatic N) is 5. The van der Waals surface area contributed by atoms with Crippen LogP contribution in [0.25, 0.3) is 39.1 Å². The van der Waals surface area contributed by atoms with Gasteiger partial charge in [-0.25, -0.2) is 4.98 Å². The molecule has 4 aromatic carbocycles. The van der Waals surface area contributed by atoms with E-state index >= 15 is 0 Å². The number of carbonyl (C=O) groups excluding carboxylic acids is 1. The van der Waals surface area contributed by atoms with Crippen molar-refractivity contribution < 1.29 is 9.72 Å². The van der Waals surface area contributed by atoms with Gasteiger partial charge in [0.25, 0.3) is 11.6 Å². The van der Waals surface area contributed by atoms with Gasteiger partial charge in [-0.1, -0.05) is 54.1 Å². The molecule has 0 bridgehead atoms. The minimum Gasteiger partial charge on any atom is -0.341 e. The molecule has 210 valence electrons. The molecule has 0 aliphatic carbocycles. The molecular weight excluding hydrogens is 558 g/mol. The van der Waals surface area contributed by atoms with Crippen LogP contribution < -0.4 is 5.01 Å². The number of hydrogen-bond acceptors (Lipinski definition) is 6. The number of rotatable bonds is 6. The summed E-state index contributed by atoms with van der Waals surface area (Å²) in [6.07, 6.45) is 1.84. The molecule has 1 aliphatic rings. The van der Waals surface area contributed by atoms with Gasteiger partial charge in [0.15, 0.2) is 0 Å². The first kappa shape index (κ1) is 26.5. The van der Waals surface area contributed by atoms with Crippen LogP contribution in [0.4, 0.5) is 10.8 Å². The molecule has 0 unspecified atom stereocenters. The monoisotopic (exact) mass is 583 g/mol. The number of amides is 1. The van der Waals surface area contributed by atoms with Crippen molar-refractivity contribution in [3.63, 3.8) is 0 Å². The van der Waals surface area contributed by atoms with Crippen molar-refractivity contribution in [1.29, 1.82) is 0 Å². The molecule has 9 heteroatoms. The third-order valence-corrected chi connectivity index (χ3v) is 8.49. The molecule has 0 N–H and O–H groups in total. The van der Waals surface area contributed by atoms with Gasteiger partial charge in [-0.2, -0.15) is 10.1 Å². The van der Waals surface area contributed by atoms with Crippen molar-refractivity contribution >= 4 is 61.7 Å². The molecule has 2 aromatic heterocycles. The van der Waals surface area contributed by atoms with E-state index in [1.807, 2.05) is 60.8 Å². The Morgan fingerprint density at radius 1 is 0.907 bits per heavy atom. The number of aromatic nitrogens is 2. The number of carbonyl (C=O) groups is 1. The van der Waals surface area contributed by atoms with Gasteiger partial charge in [0.1, 0.15) is 5.71 Å². The number of hydrazone groups is 1. The number of anilines is 1. The van der Waals surface area contributed by atoms with Crippen molar-refractivity contribution in [3.05, 3.63) is 129 Å². The number of benzene rings is 4. The second kappa shape index (κ2) is 10.5. The summed E-state index contributed by atoms with van der Waals surface area (Å²) in [6.45, 7) is 5.00. The van der Waals surface area contributed by atoms with E-state index in [-0.39, 0.29) is 11.6 Å². The zero-order valence-corrected chi connectivity index (χ0v) is 24.2. The lowest BCUT2D eigenvalue weighted by molar-refractivity contribution is -0.384. The lowest BCUT2D eigenvalue weighted by atomic mass is 9.99. The Morgan fingerprint density at radius 3 is 2.37 bits per heavy atom. The maximum Gasteiger partial charge on any atom is 0.283 e. The van der Waals surface area contributed by atoms with E-state index in [1.54, 1.807) is 12.1 Å². The number of hydrogen-bond donors (Lipinski definition) is 0. The summed E-state index contributed by atoms with van der Waals surface area (Å²) in [5, 5.41) is 21.9. The summed E-state index contributed by atoms with van der Waals surface area (Å²) in [5.41, 5.74) is 7.40. The Balaban J connectivity index is 1.33. The zero-order valence-electron chi connectivity index (χ0n) is 23.4. The Bertz CT molecular complexity index is 2120. The van der Waals surface area contributed by atoms with Crippen LogP contribution in [0.1, 0.15) is 23.6 Å². The minimum atomic E-state index is -0.446. The van der Waals surface area contributed by atoms with Crippen molar-refractivity contribution in [2.24, 2.45) is 5.10 Å². The fourth-order valence-corrected chi connectivity index (χ4v) is 6.30. The highest BCUT2D eigenvalue weighted by molar-refractivity contribution is 7.14. The molecule has 0 radical (unpaired) electrons. The van der Waals surface area contributed by atoms with Crippen LogP contribution in [0.2, 0.25) is 0 Å². The smallest absolute Gasteiger partial charge is 0.283 e. The first-order chi connectivity index (χ1) is 20.9. The molecule has 8 nitrogen and oxygen atoms in total. The van der Waals surface area contributed by atoms with E-state index in [9.17, 15) is 14.9 Å². The molecule has 0 atom stereocenters. The molecule has 6 aromatic rings. The topological polar surface area (TPSA) is 93.6 Å². The predicted molar refractivity (Wildman–Crippen MR) is 173 cm³/mol. The van der Waals surface area contributed by atoms with Gasteiger partial charge in [0.2, 0.25) is 5.13 Å². The summed E-state index contributed by atoms with van der Waals surface area (Å²) >= 11 is 1.34. The highest BCUT2D eigenvalue weighted by Gasteiger charge is 2.34. The lowest BCUT2D eigenvalue weighted by Crippen LogP contribution is -2.21. The Hall–Kier alpha value is -5.41. The fourth-order valence-electron chi connectivity index (χ4n) is 5.52. The zero-order chi connectivity index (χ0) is 29.7. The largest absolute Gasteiger partial charge is 0.341 e. The van der Waals surface area contributed by atoms with E-state index < -0.39 is 4.92 Å². The van der Waals surface area contributed by atoms with Gasteiger partial charge in [0, 0.05) is 57.0 Å². The Morgan fingerprint density at radius 2 is 1.63 bits per heavy atom. The SMILES string of the molecule is CCn1c2ccccc2c2cc(C=C3C(=O)N(c4nc(-c5ccc(C)cc5)cs4)N=C3c3ccc([N+](=O)[O-])cc3)ccc21. The average Bonchev–Trinajstić information content (AvgIpc) is 3.72. The summed E-state index contributed by atoms with van der Waals surface area (Å²) < 4.78 is 2.28. The average molecular weight is 584 g/mol. The lowest BCUT2D eigenvalue weighted by Gasteiger charge is -2.07. The highest BCUT2D eigenvalue weighted by Crippen LogP contribution is 2.35. The van der Waals surface area contributed by atoms with Gasteiger partial charge >= 0.3 is 0 Å². The molecule has 43 heavy (non-hydrogen) atoms. The van der Waals surface area contributed by atoms with Crippen molar-refractivity contribution in [2.75, 3.05) is 5.01 Å². The molecule has 7 rings (SSSR count). The number of aryl methyl sites for hydroxylation is 2. The number of non-ortho nitro benzene ring substituents is 1. The van der Waals surface area contributed by atoms with Crippen LogP contribution in [0, 0.1) is 17.0 Å². The van der Waals surface area contributed by atoms with Crippen molar-refractivity contribution in [2.45, 2.75) is 20.4 Å². The van der Waals surface area contributed by atoms with Gasteiger partial charge in [-0.3, -0.25) is 14.9 Å². The first-order valence-electron chi connectivity index (χ1n) is 13.8. The van der Waals surface area contributed by atoms with Crippen molar-refractivity contribution in [1.82, 2.24) is 9.55 Å². The van der Waals surface area contributed by atoms with Gasteiger partial charge in [0.05, 0.1) is 16.2 Å². The predicted octanol–water partition coefficient (Wildman–Crippen LogP) is 7.99. The summed E-state index contributed by atoms with van der Waals surface area (Å²) in [4.78, 5) is 29.6. The van der Waals surface area contributed by atoms with Crippen LogP contribution in [0.5, 0.6) is 0 Å². The number of thiazole rings is 1. The minimum absolute atomic E-state index is 0.0310. The van der Waals surface area contributed by atoms with E-state index in [2.05, 4.69) is 35.8 Å². The number of nitro groups is 1. The van der Waals surface area contributed by atoms with Crippen LogP contribution in [-0.2, 0) is 11.3 Å². The van der Waals surface area contributed by atoms with E-state index in [4.69, 9.17) is 10.1 Å². The second-order valence-electron chi connectivity index (χ2n) is 10.3. The molecule has 0 spiro atoms. The number of nitro benzene ring substituents is 1. The molecule has 0 fully saturated rings. The highest BCUT2D eigenvalue weighted by atomic mass is 32.1. The molecule has 1 amide bonds. The van der Waals surface area contributed by atoms with E-state index in [0.29, 0.717) is 22.0 Å². The van der Waals surface area contributed by atoms with Crippen LogP contribution in [0.15, 0.2) is 107 Å². The maximum absolute atomic E-state index is 14.0. The summed E-state index contributed by atoms with van der Waals surface area (Å²) in [5.74, 6) is -0.311. The first-order valence-corrected chi connectivity index (χ1v) is 14.7. The number of fused-ring (bicyclic) bond motifs is 3. The van der Waals surface area contributed by atoms with Crippen LogP contribution in [-0.4, -0.2) is 26.1 Å². The summed E-state index contributed by atoms with van der Waals surface area (Å²) in [7, 11) is 0. The Labute approximate surface area is 251 Å². The quantitative estimate of drug-likeness (QED) is 0.113. The third kappa shape index (κ3) is 4.60. The second-order valence-corrected chi connectivity index (χ2v) is 11.2. The molecule has 0 saturated heterocycles.